The van der Waals surface area contributed by atoms with E-state index in [4.69, 9.17) is 5.73 Å². The van der Waals surface area contributed by atoms with Crippen LogP contribution in [0.2, 0.25) is 0 Å². The molecular weight excluding hydrogens is 174 g/mol. The number of nitrogens with zero attached hydrogens (tertiary/aromatic N) is 2. The molecule has 3 heteroatoms. The number of hydrogen-bond acceptors (Lipinski definition) is 3. The minimum atomic E-state index is 0.554. The molecule has 0 amide bonds. The van der Waals surface area contributed by atoms with Gasteiger partial charge in [0, 0.05) is 38.3 Å². The van der Waals surface area contributed by atoms with Crippen LogP contribution in [0.5, 0.6) is 0 Å². The summed E-state index contributed by atoms with van der Waals surface area (Å²) in [5, 5.41) is 0. The van der Waals surface area contributed by atoms with Crippen LogP contribution < -0.4 is 5.73 Å². The van der Waals surface area contributed by atoms with E-state index >= 15 is 0 Å². The van der Waals surface area contributed by atoms with E-state index in [2.05, 4.69) is 37.6 Å². The molecule has 1 aliphatic heterocycles. The molecule has 0 aromatic heterocycles. The molecular formula is C11H25N3. The van der Waals surface area contributed by atoms with Crippen LogP contribution in [0.3, 0.4) is 0 Å². The fraction of sp³-hybridized carbons (Fsp3) is 1.00. The lowest BCUT2D eigenvalue weighted by atomic mass is 10.1. The zero-order valence-electron chi connectivity index (χ0n) is 10.0. The molecule has 2 N–H and O–H groups in total. The van der Waals surface area contributed by atoms with E-state index in [0.717, 1.165) is 25.6 Å². The Hall–Kier alpha value is -0.120. The Morgan fingerprint density at radius 3 is 2.50 bits per heavy atom. The molecule has 2 unspecified atom stereocenters. The smallest absolute Gasteiger partial charge is 0.0346 e. The van der Waals surface area contributed by atoms with Crippen LogP contribution in [0.1, 0.15) is 20.8 Å². The lowest BCUT2D eigenvalue weighted by Gasteiger charge is -2.44. The third-order valence-corrected chi connectivity index (χ3v) is 3.14. The molecule has 0 radical (unpaired) electrons. The van der Waals surface area contributed by atoms with Crippen LogP contribution >= 0.6 is 0 Å². The Kier molecular flexibility index (Phi) is 4.35. The van der Waals surface area contributed by atoms with E-state index in [0.29, 0.717) is 12.1 Å². The largest absolute Gasteiger partial charge is 0.329 e. The second-order valence-electron chi connectivity index (χ2n) is 5.03. The van der Waals surface area contributed by atoms with Gasteiger partial charge in [0.1, 0.15) is 0 Å². The normalized spacial score (nSPS) is 31.3. The Labute approximate surface area is 88.2 Å². The third kappa shape index (κ3) is 2.94. The van der Waals surface area contributed by atoms with E-state index in [1.807, 2.05) is 0 Å². The molecule has 0 saturated carbocycles. The molecule has 0 aromatic rings. The van der Waals surface area contributed by atoms with Gasteiger partial charge in [-0.1, -0.05) is 13.8 Å². The van der Waals surface area contributed by atoms with Gasteiger partial charge in [-0.2, -0.15) is 0 Å². The molecule has 1 saturated heterocycles. The van der Waals surface area contributed by atoms with Gasteiger partial charge in [-0.3, -0.25) is 4.90 Å². The van der Waals surface area contributed by atoms with E-state index < -0.39 is 0 Å². The van der Waals surface area contributed by atoms with E-state index in [9.17, 15) is 0 Å². The minimum absolute atomic E-state index is 0.554. The van der Waals surface area contributed by atoms with Gasteiger partial charge < -0.3 is 10.6 Å². The van der Waals surface area contributed by atoms with Crippen LogP contribution in [0, 0.1) is 5.92 Å². The highest BCUT2D eigenvalue weighted by Gasteiger charge is 2.28. The number of piperazine rings is 1. The average Bonchev–Trinajstić information content (AvgIpc) is 2.10. The maximum absolute atomic E-state index is 5.81. The summed E-state index contributed by atoms with van der Waals surface area (Å²) in [4.78, 5) is 4.96. The van der Waals surface area contributed by atoms with Crippen molar-refractivity contribution in [3.8, 4) is 0 Å². The van der Waals surface area contributed by atoms with Crippen LogP contribution in [0.4, 0.5) is 0 Å². The van der Waals surface area contributed by atoms with Crippen LogP contribution in [-0.4, -0.2) is 55.1 Å². The van der Waals surface area contributed by atoms with Gasteiger partial charge >= 0.3 is 0 Å². The third-order valence-electron chi connectivity index (χ3n) is 3.14. The maximum atomic E-state index is 5.81. The molecule has 2 atom stereocenters. The summed E-state index contributed by atoms with van der Waals surface area (Å²) in [5.74, 6) is 0.736. The molecule has 0 spiro atoms. The zero-order valence-corrected chi connectivity index (χ0v) is 10.0. The van der Waals surface area contributed by atoms with Crippen molar-refractivity contribution >= 4 is 0 Å². The average molecular weight is 199 g/mol. The molecule has 1 heterocycles. The second-order valence-corrected chi connectivity index (χ2v) is 5.03. The fourth-order valence-corrected chi connectivity index (χ4v) is 2.17. The summed E-state index contributed by atoms with van der Waals surface area (Å²) in [7, 11) is 2.19. The fourth-order valence-electron chi connectivity index (χ4n) is 2.17. The van der Waals surface area contributed by atoms with Crippen molar-refractivity contribution in [2.75, 3.05) is 33.2 Å². The Bertz CT molecular complexity index is 170. The molecule has 1 aliphatic rings. The van der Waals surface area contributed by atoms with Crippen molar-refractivity contribution < 1.29 is 0 Å². The van der Waals surface area contributed by atoms with Crippen molar-refractivity contribution in [3.63, 3.8) is 0 Å². The van der Waals surface area contributed by atoms with Gasteiger partial charge in [0.05, 0.1) is 0 Å². The van der Waals surface area contributed by atoms with Crippen molar-refractivity contribution in [3.05, 3.63) is 0 Å². The van der Waals surface area contributed by atoms with Crippen LogP contribution in [0.15, 0.2) is 0 Å². The topological polar surface area (TPSA) is 32.5 Å². The summed E-state index contributed by atoms with van der Waals surface area (Å²) in [6.07, 6.45) is 0. The van der Waals surface area contributed by atoms with E-state index in [1.165, 1.54) is 6.54 Å². The first-order valence-corrected chi connectivity index (χ1v) is 5.69. The Morgan fingerprint density at radius 1 is 1.36 bits per heavy atom. The van der Waals surface area contributed by atoms with Crippen molar-refractivity contribution in [2.24, 2.45) is 11.7 Å². The number of hydrogen-bond donors (Lipinski definition) is 1. The molecule has 0 bridgehead atoms. The first-order chi connectivity index (χ1) is 6.54. The second kappa shape index (κ2) is 5.10. The summed E-state index contributed by atoms with van der Waals surface area (Å²) in [5.41, 5.74) is 5.81. The van der Waals surface area contributed by atoms with Gasteiger partial charge in [0.15, 0.2) is 0 Å². The Morgan fingerprint density at radius 2 is 2.00 bits per heavy atom. The standard InChI is InChI=1S/C11H25N3/c1-9(2)6-14-7-10(3)13(4)8-11(14)5-12/h9-11H,5-8,12H2,1-4H3. The van der Waals surface area contributed by atoms with Gasteiger partial charge in [0.25, 0.3) is 0 Å². The van der Waals surface area contributed by atoms with E-state index in [1.54, 1.807) is 0 Å². The molecule has 0 aromatic carbocycles. The van der Waals surface area contributed by atoms with Crippen molar-refractivity contribution in [1.29, 1.82) is 0 Å². The minimum Gasteiger partial charge on any atom is -0.329 e. The van der Waals surface area contributed by atoms with Gasteiger partial charge in [-0.15, -0.1) is 0 Å². The van der Waals surface area contributed by atoms with Gasteiger partial charge in [-0.05, 0) is 19.9 Å². The quantitative estimate of drug-likeness (QED) is 0.723. The lowest BCUT2D eigenvalue weighted by Crippen LogP contribution is -2.58. The molecule has 0 aliphatic carbocycles. The Balaban J connectivity index is 2.53. The van der Waals surface area contributed by atoms with Crippen LogP contribution in [0.25, 0.3) is 0 Å². The number of nitrogens with two attached hydrogens (primary N) is 1. The molecule has 14 heavy (non-hydrogen) atoms. The first-order valence-electron chi connectivity index (χ1n) is 5.69. The van der Waals surface area contributed by atoms with Crippen molar-refractivity contribution in [1.82, 2.24) is 9.80 Å². The summed E-state index contributed by atoms with van der Waals surface area (Å²) < 4.78 is 0. The van der Waals surface area contributed by atoms with E-state index in [-0.39, 0.29) is 0 Å². The molecule has 1 rings (SSSR count). The van der Waals surface area contributed by atoms with Gasteiger partial charge in [-0.25, -0.2) is 0 Å². The predicted molar refractivity (Wildman–Crippen MR) is 61.3 cm³/mol. The monoisotopic (exact) mass is 199 g/mol. The first kappa shape index (κ1) is 12.0. The summed E-state index contributed by atoms with van der Waals surface area (Å²) >= 11 is 0. The summed E-state index contributed by atoms with van der Waals surface area (Å²) in [6.45, 7) is 11.1. The SMILES string of the molecule is CC(C)CN1CC(C)N(C)CC1CN. The van der Waals surface area contributed by atoms with Crippen LogP contribution in [-0.2, 0) is 0 Å². The highest BCUT2D eigenvalue weighted by atomic mass is 15.3. The predicted octanol–water partition coefficient (Wildman–Crippen LogP) is 0.606. The maximum Gasteiger partial charge on any atom is 0.0346 e. The molecule has 3 nitrogen and oxygen atoms in total. The summed E-state index contributed by atoms with van der Waals surface area (Å²) in [6, 6.07) is 1.22. The highest BCUT2D eigenvalue weighted by Crippen LogP contribution is 2.14. The zero-order chi connectivity index (χ0) is 10.7. The molecule has 1 fully saturated rings. The van der Waals surface area contributed by atoms with Gasteiger partial charge in [0.2, 0.25) is 0 Å². The molecule has 84 valence electrons. The lowest BCUT2D eigenvalue weighted by molar-refractivity contribution is 0.0476. The number of likely N-dealkylation sites (N-methyl/N-ethyl adjacent to an activating group) is 1. The van der Waals surface area contributed by atoms with Crippen molar-refractivity contribution in [2.45, 2.75) is 32.9 Å². The highest BCUT2D eigenvalue weighted by molar-refractivity contribution is 4.86. The number of rotatable bonds is 3.